The number of carbonyl (C=O) groups excluding carboxylic acids is 1. The standard InChI is InChI=1S/C10H18N2O4/c1-9(2,3)16-7(13)11-10(4)5-12(6-10)8(14)15/h5-6H2,1-4H3,(H,11,13)(H,14,15). The van der Waals surface area contributed by atoms with Crippen molar-refractivity contribution in [3.8, 4) is 0 Å². The Morgan fingerprint density at radius 2 is 1.88 bits per heavy atom. The first-order valence-corrected chi connectivity index (χ1v) is 5.10. The van der Waals surface area contributed by atoms with Crippen molar-refractivity contribution in [2.24, 2.45) is 0 Å². The molecule has 1 rings (SSSR count). The zero-order valence-electron chi connectivity index (χ0n) is 10.0. The largest absolute Gasteiger partial charge is 0.465 e. The lowest BCUT2D eigenvalue weighted by atomic mass is 9.93. The van der Waals surface area contributed by atoms with E-state index in [1.807, 2.05) is 0 Å². The Morgan fingerprint density at radius 1 is 1.38 bits per heavy atom. The second-order valence-electron chi connectivity index (χ2n) is 5.33. The third-order valence-electron chi connectivity index (χ3n) is 2.15. The number of carboxylic acid groups (broad SMARTS) is 1. The number of rotatable bonds is 1. The van der Waals surface area contributed by atoms with Crippen molar-refractivity contribution in [2.75, 3.05) is 13.1 Å². The van der Waals surface area contributed by atoms with E-state index in [9.17, 15) is 9.59 Å². The fourth-order valence-electron chi connectivity index (χ4n) is 1.56. The van der Waals surface area contributed by atoms with Crippen LogP contribution in [0, 0.1) is 0 Å². The first-order valence-electron chi connectivity index (χ1n) is 5.10. The number of likely N-dealkylation sites (tertiary alicyclic amines) is 1. The summed E-state index contributed by atoms with van der Waals surface area (Å²) in [6.07, 6.45) is -1.48. The van der Waals surface area contributed by atoms with Crippen LogP contribution in [0.2, 0.25) is 0 Å². The number of ether oxygens (including phenoxy) is 1. The van der Waals surface area contributed by atoms with Crippen LogP contribution < -0.4 is 5.32 Å². The van der Waals surface area contributed by atoms with E-state index < -0.39 is 23.3 Å². The van der Waals surface area contributed by atoms with Gasteiger partial charge >= 0.3 is 12.2 Å². The molecule has 0 aromatic heterocycles. The van der Waals surface area contributed by atoms with Crippen LogP contribution in [0.1, 0.15) is 27.7 Å². The zero-order valence-corrected chi connectivity index (χ0v) is 10.0. The first-order chi connectivity index (χ1) is 7.11. The highest BCUT2D eigenvalue weighted by atomic mass is 16.6. The van der Waals surface area contributed by atoms with Crippen molar-refractivity contribution in [1.82, 2.24) is 10.2 Å². The maximum Gasteiger partial charge on any atom is 0.408 e. The number of hydrogen-bond donors (Lipinski definition) is 2. The van der Waals surface area contributed by atoms with Crippen molar-refractivity contribution in [3.63, 3.8) is 0 Å². The quantitative estimate of drug-likeness (QED) is 0.710. The maximum absolute atomic E-state index is 11.4. The highest BCUT2D eigenvalue weighted by molar-refractivity contribution is 5.71. The molecule has 92 valence electrons. The summed E-state index contributed by atoms with van der Waals surface area (Å²) in [7, 11) is 0. The molecule has 0 spiro atoms. The van der Waals surface area contributed by atoms with Gasteiger partial charge in [0.25, 0.3) is 0 Å². The van der Waals surface area contributed by atoms with E-state index >= 15 is 0 Å². The van der Waals surface area contributed by atoms with Gasteiger partial charge in [0, 0.05) is 13.1 Å². The minimum absolute atomic E-state index is 0.293. The smallest absolute Gasteiger partial charge is 0.408 e. The Morgan fingerprint density at radius 3 is 2.25 bits per heavy atom. The average molecular weight is 230 g/mol. The Kier molecular flexibility index (Phi) is 3.03. The van der Waals surface area contributed by atoms with Crippen LogP contribution in [0.4, 0.5) is 9.59 Å². The van der Waals surface area contributed by atoms with Crippen molar-refractivity contribution >= 4 is 12.2 Å². The van der Waals surface area contributed by atoms with Gasteiger partial charge in [0.15, 0.2) is 0 Å². The van der Waals surface area contributed by atoms with Crippen LogP contribution in [0.15, 0.2) is 0 Å². The van der Waals surface area contributed by atoms with E-state index in [1.165, 1.54) is 4.90 Å². The molecular formula is C10H18N2O4. The molecule has 6 heteroatoms. The highest BCUT2D eigenvalue weighted by Gasteiger charge is 2.43. The Hall–Kier alpha value is -1.46. The molecule has 0 saturated carbocycles. The lowest BCUT2D eigenvalue weighted by Crippen LogP contribution is -2.69. The van der Waals surface area contributed by atoms with E-state index in [2.05, 4.69) is 5.32 Å². The molecule has 0 aliphatic carbocycles. The van der Waals surface area contributed by atoms with Gasteiger partial charge in [-0.25, -0.2) is 9.59 Å². The molecule has 0 aromatic carbocycles. The lowest BCUT2D eigenvalue weighted by Gasteiger charge is -2.46. The molecule has 0 radical (unpaired) electrons. The van der Waals surface area contributed by atoms with Gasteiger partial charge in [0.2, 0.25) is 0 Å². The molecular weight excluding hydrogens is 212 g/mol. The van der Waals surface area contributed by atoms with Gasteiger partial charge in [-0.15, -0.1) is 0 Å². The van der Waals surface area contributed by atoms with E-state index in [1.54, 1.807) is 27.7 Å². The number of nitrogens with one attached hydrogen (secondary N) is 1. The predicted molar refractivity (Wildman–Crippen MR) is 57.4 cm³/mol. The Labute approximate surface area is 94.6 Å². The van der Waals surface area contributed by atoms with Crippen molar-refractivity contribution in [2.45, 2.75) is 38.8 Å². The summed E-state index contributed by atoms with van der Waals surface area (Å²) in [5.74, 6) is 0. The molecule has 2 amide bonds. The third kappa shape index (κ3) is 3.29. The van der Waals surface area contributed by atoms with Gasteiger partial charge in [-0.05, 0) is 27.7 Å². The molecule has 16 heavy (non-hydrogen) atoms. The summed E-state index contributed by atoms with van der Waals surface area (Å²) in [5.41, 5.74) is -1.06. The van der Waals surface area contributed by atoms with E-state index in [0.717, 1.165) is 0 Å². The summed E-state index contributed by atoms with van der Waals surface area (Å²) >= 11 is 0. The van der Waals surface area contributed by atoms with Crippen LogP contribution in [0.25, 0.3) is 0 Å². The molecule has 1 heterocycles. The van der Waals surface area contributed by atoms with E-state index in [0.29, 0.717) is 13.1 Å². The van der Waals surface area contributed by atoms with Gasteiger partial charge in [0.05, 0.1) is 5.54 Å². The molecule has 1 aliphatic heterocycles. The fourth-order valence-corrected chi connectivity index (χ4v) is 1.56. The number of nitrogens with zero attached hydrogens (tertiary/aromatic N) is 1. The number of amides is 2. The summed E-state index contributed by atoms with van der Waals surface area (Å²) in [4.78, 5) is 23.2. The average Bonchev–Trinajstić information content (AvgIpc) is 1.94. The highest BCUT2D eigenvalue weighted by Crippen LogP contribution is 2.20. The molecule has 2 N–H and O–H groups in total. The lowest BCUT2D eigenvalue weighted by molar-refractivity contribution is 0.0202. The van der Waals surface area contributed by atoms with Crippen LogP contribution in [-0.4, -0.2) is 46.4 Å². The second kappa shape index (κ2) is 3.84. The number of carbonyl (C=O) groups is 2. The molecule has 0 aromatic rings. The molecule has 1 fully saturated rings. The van der Waals surface area contributed by atoms with E-state index in [4.69, 9.17) is 9.84 Å². The van der Waals surface area contributed by atoms with Gasteiger partial charge in [0.1, 0.15) is 5.60 Å². The minimum Gasteiger partial charge on any atom is -0.465 e. The van der Waals surface area contributed by atoms with Gasteiger partial charge in [-0.2, -0.15) is 0 Å². The summed E-state index contributed by atoms with van der Waals surface area (Å²) in [5, 5.41) is 11.3. The molecule has 0 bridgehead atoms. The van der Waals surface area contributed by atoms with Crippen LogP contribution in [0.5, 0.6) is 0 Å². The Balaban J connectivity index is 2.39. The number of alkyl carbamates (subject to hydrolysis) is 1. The summed E-state index contributed by atoms with van der Waals surface area (Å²) in [6.45, 7) is 7.71. The summed E-state index contributed by atoms with van der Waals surface area (Å²) in [6, 6.07) is 0. The van der Waals surface area contributed by atoms with E-state index in [-0.39, 0.29) is 0 Å². The van der Waals surface area contributed by atoms with Crippen molar-refractivity contribution in [3.05, 3.63) is 0 Å². The van der Waals surface area contributed by atoms with Crippen LogP contribution in [0.3, 0.4) is 0 Å². The van der Waals surface area contributed by atoms with Crippen molar-refractivity contribution in [1.29, 1.82) is 0 Å². The topological polar surface area (TPSA) is 78.9 Å². The predicted octanol–water partition coefficient (Wildman–Crippen LogP) is 1.26. The maximum atomic E-state index is 11.4. The summed E-state index contributed by atoms with van der Waals surface area (Å²) < 4.78 is 5.09. The molecule has 1 aliphatic rings. The van der Waals surface area contributed by atoms with Gasteiger partial charge < -0.3 is 20.1 Å². The number of hydrogen-bond acceptors (Lipinski definition) is 3. The minimum atomic E-state index is -0.969. The first kappa shape index (κ1) is 12.6. The normalized spacial score (nSPS) is 18.6. The molecule has 0 unspecified atom stereocenters. The second-order valence-corrected chi connectivity index (χ2v) is 5.33. The van der Waals surface area contributed by atoms with Crippen molar-refractivity contribution < 1.29 is 19.4 Å². The third-order valence-corrected chi connectivity index (χ3v) is 2.15. The zero-order chi connectivity index (χ0) is 12.6. The van der Waals surface area contributed by atoms with Gasteiger partial charge in [-0.1, -0.05) is 0 Å². The monoisotopic (exact) mass is 230 g/mol. The molecule has 0 atom stereocenters. The Bertz CT molecular complexity index is 302. The fraction of sp³-hybridized carbons (Fsp3) is 0.800. The van der Waals surface area contributed by atoms with Gasteiger partial charge in [-0.3, -0.25) is 0 Å². The van der Waals surface area contributed by atoms with Crippen LogP contribution in [-0.2, 0) is 4.74 Å². The SMILES string of the molecule is CC1(NC(=O)OC(C)(C)C)CN(C(=O)O)C1. The van der Waals surface area contributed by atoms with Crippen LogP contribution >= 0.6 is 0 Å². The molecule has 6 nitrogen and oxygen atoms in total. The molecule has 1 saturated heterocycles.